The number of hydrogen-bond donors (Lipinski definition) is 1. The second kappa shape index (κ2) is 6.79. The van der Waals surface area contributed by atoms with Crippen LogP contribution in [0, 0.1) is 11.3 Å². The number of rotatable bonds is 4. The summed E-state index contributed by atoms with van der Waals surface area (Å²) in [6.45, 7) is 0. The molecular formula is C20H15N5O2S. The molecule has 0 aliphatic rings. The van der Waals surface area contributed by atoms with E-state index in [1.54, 1.807) is 54.7 Å². The highest BCUT2D eigenvalue weighted by atomic mass is 32.2. The largest absolute Gasteiger partial charge is 0.324 e. The molecule has 4 rings (SSSR count). The van der Waals surface area contributed by atoms with Crippen LogP contribution in [0.3, 0.4) is 0 Å². The third-order valence-electron chi connectivity index (χ3n) is 4.24. The van der Waals surface area contributed by atoms with Gasteiger partial charge in [0.1, 0.15) is 5.65 Å². The van der Waals surface area contributed by atoms with Gasteiger partial charge in [0.2, 0.25) is 5.95 Å². The van der Waals surface area contributed by atoms with E-state index in [1.807, 2.05) is 16.8 Å². The van der Waals surface area contributed by atoms with E-state index < -0.39 is 9.84 Å². The van der Waals surface area contributed by atoms with Gasteiger partial charge in [0.15, 0.2) is 9.84 Å². The molecule has 0 unspecified atom stereocenters. The summed E-state index contributed by atoms with van der Waals surface area (Å²) in [6.07, 6.45) is 4.76. The number of hydrogen-bond acceptors (Lipinski definition) is 6. The first-order chi connectivity index (χ1) is 13.4. The van der Waals surface area contributed by atoms with Gasteiger partial charge in [-0.3, -0.25) is 0 Å². The van der Waals surface area contributed by atoms with Crippen molar-refractivity contribution in [1.82, 2.24) is 14.5 Å². The van der Waals surface area contributed by atoms with Gasteiger partial charge in [0.05, 0.1) is 16.5 Å². The van der Waals surface area contributed by atoms with Gasteiger partial charge in [0, 0.05) is 35.4 Å². The number of nitriles is 1. The number of nitrogens with one attached hydrogen (secondary N) is 1. The van der Waals surface area contributed by atoms with Gasteiger partial charge in [-0.05, 0) is 54.6 Å². The molecule has 7 nitrogen and oxygen atoms in total. The van der Waals surface area contributed by atoms with E-state index in [9.17, 15) is 8.42 Å². The van der Waals surface area contributed by atoms with Crippen LogP contribution < -0.4 is 5.32 Å². The van der Waals surface area contributed by atoms with Crippen molar-refractivity contribution in [2.45, 2.75) is 4.90 Å². The predicted molar refractivity (Wildman–Crippen MR) is 106 cm³/mol. The van der Waals surface area contributed by atoms with Crippen LogP contribution >= 0.6 is 0 Å². The van der Waals surface area contributed by atoms with E-state index in [-0.39, 0.29) is 4.90 Å². The molecule has 0 amide bonds. The molecule has 0 saturated heterocycles. The Morgan fingerprint density at radius 3 is 2.39 bits per heavy atom. The Morgan fingerprint density at radius 2 is 1.75 bits per heavy atom. The monoisotopic (exact) mass is 389 g/mol. The molecule has 0 bridgehead atoms. The smallest absolute Gasteiger partial charge is 0.229 e. The Bertz CT molecular complexity index is 1300. The number of fused-ring (bicyclic) bond motifs is 1. The van der Waals surface area contributed by atoms with Gasteiger partial charge >= 0.3 is 0 Å². The average Bonchev–Trinajstić information content (AvgIpc) is 3.11. The molecule has 138 valence electrons. The molecule has 1 N–H and O–H groups in total. The molecule has 2 aromatic carbocycles. The fourth-order valence-corrected chi connectivity index (χ4v) is 3.43. The lowest BCUT2D eigenvalue weighted by Gasteiger charge is -2.08. The molecule has 2 aromatic heterocycles. The van der Waals surface area contributed by atoms with Crippen LogP contribution in [0.25, 0.3) is 16.7 Å². The molecule has 28 heavy (non-hydrogen) atoms. The molecule has 0 fully saturated rings. The summed E-state index contributed by atoms with van der Waals surface area (Å²) >= 11 is 0. The molecule has 0 atom stereocenters. The van der Waals surface area contributed by atoms with Gasteiger partial charge in [-0.1, -0.05) is 0 Å². The molecule has 0 spiro atoms. The number of sulfone groups is 1. The Morgan fingerprint density at radius 1 is 1.04 bits per heavy atom. The normalized spacial score (nSPS) is 11.3. The number of nitrogens with zero attached hydrogens (tertiary/aromatic N) is 4. The van der Waals surface area contributed by atoms with Crippen molar-refractivity contribution in [1.29, 1.82) is 5.26 Å². The Balaban J connectivity index is 1.69. The standard InChI is InChI=1S/C20H15N5O2S/c1-28(26,27)18-8-6-17(7-9-18)25-11-10-15-13-22-20(24-19(15)25)23-16-4-2-14(12-21)3-5-16/h2-11,13H,1H3,(H,22,23,24). The van der Waals surface area contributed by atoms with Gasteiger partial charge in [-0.25, -0.2) is 13.4 Å². The van der Waals surface area contributed by atoms with E-state index in [4.69, 9.17) is 5.26 Å². The Labute approximate surface area is 161 Å². The van der Waals surface area contributed by atoms with Crippen molar-refractivity contribution in [3.8, 4) is 11.8 Å². The molecule has 4 aromatic rings. The van der Waals surface area contributed by atoms with Crippen molar-refractivity contribution in [2.24, 2.45) is 0 Å². The van der Waals surface area contributed by atoms with Crippen LogP contribution in [-0.4, -0.2) is 29.2 Å². The Kier molecular flexibility index (Phi) is 4.29. The zero-order chi connectivity index (χ0) is 19.7. The van der Waals surface area contributed by atoms with E-state index in [0.29, 0.717) is 17.2 Å². The van der Waals surface area contributed by atoms with Crippen LogP contribution in [0.5, 0.6) is 0 Å². The average molecular weight is 389 g/mol. The van der Waals surface area contributed by atoms with Crippen LogP contribution in [0.2, 0.25) is 0 Å². The van der Waals surface area contributed by atoms with E-state index >= 15 is 0 Å². The van der Waals surface area contributed by atoms with Crippen LogP contribution in [0.15, 0.2) is 71.9 Å². The summed E-state index contributed by atoms with van der Waals surface area (Å²) in [5.74, 6) is 0.421. The van der Waals surface area contributed by atoms with Crippen molar-refractivity contribution >= 4 is 32.5 Å². The number of aromatic nitrogens is 3. The van der Waals surface area contributed by atoms with Gasteiger partial charge in [-0.15, -0.1) is 0 Å². The maximum Gasteiger partial charge on any atom is 0.229 e. The molecular weight excluding hydrogens is 374 g/mol. The van der Waals surface area contributed by atoms with Crippen LogP contribution in [0.4, 0.5) is 11.6 Å². The first kappa shape index (κ1) is 17.7. The highest BCUT2D eigenvalue weighted by Crippen LogP contribution is 2.22. The third kappa shape index (κ3) is 3.43. The van der Waals surface area contributed by atoms with Crippen molar-refractivity contribution in [3.05, 3.63) is 72.6 Å². The first-order valence-corrected chi connectivity index (χ1v) is 10.2. The van der Waals surface area contributed by atoms with Gasteiger partial charge < -0.3 is 9.88 Å². The highest BCUT2D eigenvalue weighted by molar-refractivity contribution is 7.90. The fraction of sp³-hybridized carbons (Fsp3) is 0.0500. The summed E-state index contributed by atoms with van der Waals surface area (Å²) in [5.41, 5.74) is 2.84. The molecule has 8 heteroatoms. The van der Waals surface area contributed by atoms with Crippen LogP contribution in [-0.2, 0) is 9.84 Å². The Hall–Kier alpha value is -3.70. The minimum absolute atomic E-state index is 0.269. The maximum atomic E-state index is 11.6. The van der Waals surface area contributed by atoms with Crippen molar-refractivity contribution < 1.29 is 8.42 Å². The number of anilines is 2. The summed E-state index contributed by atoms with van der Waals surface area (Å²) in [6, 6.07) is 17.6. The lowest BCUT2D eigenvalue weighted by atomic mass is 10.2. The summed E-state index contributed by atoms with van der Waals surface area (Å²) in [5, 5.41) is 12.9. The number of benzene rings is 2. The summed E-state index contributed by atoms with van der Waals surface area (Å²) in [7, 11) is -3.24. The third-order valence-corrected chi connectivity index (χ3v) is 5.37. The van der Waals surface area contributed by atoms with E-state index in [2.05, 4.69) is 21.4 Å². The SMILES string of the molecule is CS(=O)(=O)c1ccc(-n2ccc3cnc(Nc4ccc(C#N)cc4)nc32)cc1. The molecule has 2 heterocycles. The summed E-state index contributed by atoms with van der Waals surface area (Å²) in [4.78, 5) is 9.17. The zero-order valence-electron chi connectivity index (χ0n) is 14.9. The van der Waals surface area contributed by atoms with Gasteiger partial charge in [-0.2, -0.15) is 10.2 Å². The first-order valence-electron chi connectivity index (χ1n) is 8.36. The molecule has 0 aliphatic heterocycles. The summed E-state index contributed by atoms with van der Waals surface area (Å²) < 4.78 is 25.2. The zero-order valence-corrected chi connectivity index (χ0v) is 15.7. The minimum Gasteiger partial charge on any atom is -0.324 e. The maximum absolute atomic E-state index is 11.6. The molecule has 0 radical (unpaired) electrons. The van der Waals surface area contributed by atoms with Crippen LogP contribution in [0.1, 0.15) is 5.56 Å². The van der Waals surface area contributed by atoms with Crippen molar-refractivity contribution in [2.75, 3.05) is 11.6 Å². The van der Waals surface area contributed by atoms with E-state index in [1.165, 1.54) is 6.26 Å². The lowest BCUT2D eigenvalue weighted by Crippen LogP contribution is -2.01. The second-order valence-electron chi connectivity index (χ2n) is 6.24. The highest BCUT2D eigenvalue weighted by Gasteiger charge is 2.10. The quantitative estimate of drug-likeness (QED) is 0.574. The topological polar surface area (TPSA) is 101 Å². The fourth-order valence-electron chi connectivity index (χ4n) is 2.80. The van der Waals surface area contributed by atoms with E-state index in [0.717, 1.165) is 16.8 Å². The predicted octanol–water partition coefficient (Wildman–Crippen LogP) is 3.44. The molecule has 0 saturated carbocycles. The molecule has 0 aliphatic carbocycles. The van der Waals surface area contributed by atoms with Crippen molar-refractivity contribution in [3.63, 3.8) is 0 Å². The second-order valence-corrected chi connectivity index (χ2v) is 8.25. The minimum atomic E-state index is -3.24. The lowest BCUT2D eigenvalue weighted by molar-refractivity contribution is 0.602. The van der Waals surface area contributed by atoms with Gasteiger partial charge in [0.25, 0.3) is 0 Å².